The second-order valence-electron chi connectivity index (χ2n) is 3.89. The molecule has 0 amide bonds. The molecule has 0 spiro atoms. The number of aryl methyl sites for hydroxylation is 1. The summed E-state index contributed by atoms with van der Waals surface area (Å²) in [6, 6.07) is 4.96. The SMILES string of the molecule is CCCCCc1cc(O)cc(OC(C)=O)c1.[NaH]. The van der Waals surface area contributed by atoms with Crippen LogP contribution in [0.4, 0.5) is 0 Å². The summed E-state index contributed by atoms with van der Waals surface area (Å²) >= 11 is 0. The van der Waals surface area contributed by atoms with Gasteiger partial charge in [-0.15, -0.1) is 0 Å². The van der Waals surface area contributed by atoms with Gasteiger partial charge >= 0.3 is 35.5 Å². The summed E-state index contributed by atoms with van der Waals surface area (Å²) in [5, 5.41) is 9.47. The zero-order chi connectivity index (χ0) is 12.0. The van der Waals surface area contributed by atoms with Crippen molar-refractivity contribution in [3.63, 3.8) is 0 Å². The van der Waals surface area contributed by atoms with Gasteiger partial charge < -0.3 is 9.84 Å². The maximum atomic E-state index is 10.8. The fraction of sp³-hybridized carbons (Fsp3) is 0.462. The molecule has 0 saturated carbocycles. The van der Waals surface area contributed by atoms with Crippen LogP contribution < -0.4 is 4.74 Å². The Bertz CT molecular complexity index is 364. The molecule has 17 heavy (non-hydrogen) atoms. The molecule has 0 heterocycles. The minimum absolute atomic E-state index is 0. The predicted molar refractivity (Wildman–Crippen MR) is 69.8 cm³/mol. The van der Waals surface area contributed by atoms with Gasteiger partial charge in [0, 0.05) is 13.0 Å². The normalized spacial score (nSPS) is 9.53. The number of rotatable bonds is 5. The van der Waals surface area contributed by atoms with Crippen molar-refractivity contribution in [1.29, 1.82) is 0 Å². The molecule has 0 aliphatic carbocycles. The summed E-state index contributed by atoms with van der Waals surface area (Å²) in [5.41, 5.74) is 1.00. The number of carbonyl (C=O) groups is 1. The molecule has 0 aromatic heterocycles. The summed E-state index contributed by atoms with van der Waals surface area (Å²) in [6.07, 6.45) is 4.31. The van der Waals surface area contributed by atoms with Crippen LogP contribution in [0.25, 0.3) is 0 Å². The molecule has 4 heteroatoms. The molecule has 3 nitrogen and oxygen atoms in total. The van der Waals surface area contributed by atoms with E-state index in [0.29, 0.717) is 5.75 Å². The van der Waals surface area contributed by atoms with E-state index in [2.05, 4.69) is 6.92 Å². The molecule has 0 aliphatic rings. The van der Waals surface area contributed by atoms with Crippen molar-refractivity contribution in [2.24, 2.45) is 0 Å². The van der Waals surface area contributed by atoms with Crippen molar-refractivity contribution in [3.05, 3.63) is 23.8 Å². The number of benzene rings is 1. The Balaban J connectivity index is 0.00000256. The molecule has 0 atom stereocenters. The van der Waals surface area contributed by atoms with Crippen molar-refractivity contribution in [2.45, 2.75) is 39.5 Å². The van der Waals surface area contributed by atoms with Gasteiger partial charge in [0.2, 0.25) is 0 Å². The van der Waals surface area contributed by atoms with Crippen LogP contribution >= 0.6 is 0 Å². The number of hydrogen-bond acceptors (Lipinski definition) is 3. The third-order valence-electron chi connectivity index (χ3n) is 2.28. The van der Waals surface area contributed by atoms with Crippen LogP contribution in [0.15, 0.2) is 18.2 Å². The first-order valence-corrected chi connectivity index (χ1v) is 5.63. The van der Waals surface area contributed by atoms with Crippen molar-refractivity contribution in [2.75, 3.05) is 0 Å². The standard InChI is InChI=1S/C13H18O3.Na.H/c1-3-4-5-6-11-7-12(15)9-13(8-11)16-10(2)14;;/h7-9,15H,3-6H2,1-2H3;;. The van der Waals surface area contributed by atoms with Gasteiger partial charge in [-0.2, -0.15) is 0 Å². The number of hydrogen-bond donors (Lipinski definition) is 1. The first-order valence-electron chi connectivity index (χ1n) is 5.63. The molecule has 90 valence electrons. The molecule has 0 bridgehead atoms. The number of ether oxygens (including phenoxy) is 1. The number of phenols is 1. The first kappa shape index (κ1) is 16.5. The Morgan fingerprint density at radius 3 is 2.59 bits per heavy atom. The van der Waals surface area contributed by atoms with Crippen LogP contribution in [0.2, 0.25) is 0 Å². The zero-order valence-electron chi connectivity index (χ0n) is 9.82. The Morgan fingerprint density at radius 1 is 1.29 bits per heavy atom. The summed E-state index contributed by atoms with van der Waals surface area (Å²) in [7, 11) is 0. The van der Waals surface area contributed by atoms with E-state index in [1.807, 2.05) is 0 Å². The average molecular weight is 246 g/mol. The summed E-state index contributed by atoms with van der Waals surface area (Å²) < 4.78 is 4.94. The summed E-state index contributed by atoms with van der Waals surface area (Å²) in [5.74, 6) is 0.189. The third-order valence-corrected chi connectivity index (χ3v) is 2.28. The Labute approximate surface area is 124 Å². The molecule has 1 aromatic rings. The number of unbranched alkanes of at least 4 members (excludes halogenated alkanes) is 2. The molecule has 0 saturated heterocycles. The van der Waals surface area contributed by atoms with E-state index in [0.717, 1.165) is 24.8 Å². The Kier molecular flexibility index (Phi) is 8.30. The molecule has 1 rings (SSSR count). The Hall–Kier alpha value is -0.510. The van der Waals surface area contributed by atoms with Gasteiger partial charge in [-0.1, -0.05) is 19.8 Å². The number of carbonyl (C=O) groups excluding carboxylic acids is 1. The fourth-order valence-electron chi connectivity index (χ4n) is 1.59. The third kappa shape index (κ3) is 6.71. The Morgan fingerprint density at radius 2 is 2.00 bits per heavy atom. The molecule has 0 aliphatic heterocycles. The van der Waals surface area contributed by atoms with E-state index in [9.17, 15) is 9.90 Å². The van der Waals surface area contributed by atoms with Gasteiger partial charge in [-0.05, 0) is 30.5 Å². The molecule has 1 N–H and O–H groups in total. The topological polar surface area (TPSA) is 46.5 Å². The van der Waals surface area contributed by atoms with Gasteiger partial charge in [0.15, 0.2) is 0 Å². The van der Waals surface area contributed by atoms with Crippen molar-refractivity contribution in [3.8, 4) is 11.5 Å². The maximum absolute atomic E-state index is 10.8. The molecule has 0 unspecified atom stereocenters. The van der Waals surface area contributed by atoms with Gasteiger partial charge in [-0.25, -0.2) is 0 Å². The first-order chi connectivity index (χ1) is 7.61. The van der Waals surface area contributed by atoms with E-state index in [-0.39, 0.29) is 41.3 Å². The average Bonchev–Trinajstić information content (AvgIpc) is 2.16. The molecule has 0 fully saturated rings. The predicted octanol–water partition coefficient (Wildman–Crippen LogP) is 2.40. The van der Waals surface area contributed by atoms with E-state index >= 15 is 0 Å². The monoisotopic (exact) mass is 246 g/mol. The van der Waals surface area contributed by atoms with Gasteiger partial charge in [0.05, 0.1) is 0 Å². The number of phenolic OH excluding ortho intramolecular Hbond substituents is 1. The van der Waals surface area contributed by atoms with Gasteiger partial charge in [0.1, 0.15) is 11.5 Å². The zero-order valence-corrected chi connectivity index (χ0v) is 9.82. The van der Waals surface area contributed by atoms with Gasteiger partial charge in [0.25, 0.3) is 0 Å². The van der Waals surface area contributed by atoms with E-state index < -0.39 is 0 Å². The molecular formula is C13H19NaO3. The summed E-state index contributed by atoms with van der Waals surface area (Å²) in [4.78, 5) is 10.8. The van der Waals surface area contributed by atoms with E-state index in [1.165, 1.54) is 19.4 Å². The second kappa shape index (κ2) is 8.56. The van der Waals surface area contributed by atoms with E-state index in [1.54, 1.807) is 12.1 Å². The van der Waals surface area contributed by atoms with Crippen LogP contribution in [0.1, 0.15) is 38.7 Å². The van der Waals surface area contributed by atoms with Crippen molar-refractivity contribution < 1.29 is 14.6 Å². The molecule has 1 aromatic carbocycles. The number of esters is 1. The molecule has 0 radical (unpaired) electrons. The van der Waals surface area contributed by atoms with Crippen molar-refractivity contribution in [1.82, 2.24) is 0 Å². The quantitative estimate of drug-likeness (QED) is 0.375. The second-order valence-corrected chi connectivity index (χ2v) is 3.89. The van der Waals surface area contributed by atoms with E-state index in [4.69, 9.17) is 4.74 Å². The summed E-state index contributed by atoms with van der Waals surface area (Å²) in [6.45, 7) is 3.49. The molecular weight excluding hydrogens is 227 g/mol. The minimum atomic E-state index is -0.370. The van der Waals surface area contributed by atoms with Crippen LogP contribution in [0, 0.1) is 0 Å². The van der Waals surface area contributed by atoms with Crippen LogP contribution in [-0.2, 0) is 11.2 Å². The van der Waals surface area contributed by atoms with Crippen molar-refractivity contribution >= 4 is 35.5 Å². The van der Waals surface area contributed by atoms with Crippen LogP contribution in [0.3, 0.4) is 0 Å². The van der Waals surface area contributed by atoms with Crippen LogP contribution in [0.5, 0.6) is 11.5 Å². The van der Waals surface area contributed by atoms with Gasteiger partial charge in [-0.3, -0.25) is 4.79 Å². The fourth-order valence-corrected chi connectivity index (χ4v) is 1.59. The van der Waals surface area contributed by atoms with Crippen LogP contribution in [-0.4, -0.2) is 40.6 Å². The number of aromatic hydroxyl groups is 1.